The number of aromatic nitrogens is 1. The van der Waals surface area contributed by atoms with Crippen LogP contribution in [0.25, 0.3) is 33.2 Å². The number of thioether (sulfide) groups is 1. The quantitative estimate of drug-likeness (QED) is 0.0925. The summed E-state index contributed by atoms with van der Waals surface area (Å²) in [7, 11) is 0. The van der Waals surface area contributed by atoms with Crippen molar-refractivity contribution in [1.82, 2.24) is 4.98 Å². The molecule has 0 amide bonds. The van der Waals surface area contributed by atoms with Crippen molar-refractivity contribution in [3.05, 3.63) is 94.4 Å². The molecular formula is C48H64IrNO2S-. The second kappa shape index (κ2) is 18.3. The van der Waals surface area contributed by atoms with Crippen molar-refractivity contribution >= 4 is 28.3 Å². The van der Waals surface area contributed by atoms with Crippen molar-refractivity contribution < 1.29 is 30.0 Å². The van der Waals surface area contributed by atoms with Gasteiger partial charge in [-0.15, -0.1) is 40.9 Å². The first kappa shape index (κ1) is 44.7. The minimum Gasteiger partial charge on any atom is -0.512 e. The number of carbonyl (C=O) groups is 1. The van der Waals surface area contributed by atoms with Crippen LogP contribution in [0.1, 0.15) is 130 Å². The van der Waals surface area contributed by atoms with E-state index < -0.39 is 0 Å². The molecule has 0 atom stereocenters. The van der Waals surface area contributed by atoms with E-state index in [0.29, 0.717) is 5.92 Å². The van der Waals surface area contributed by atoms with Crippen molar-refractivity contribution in [1.29, 1.82) is 0 Å². The molecule has 1 radical (unpaired) electrons. The van der Waals surface area contributed by atoms with E-state index in [1.807, 2.05) is 53.3 Å². The van der Waals surface area contributed by atoms with Gasteiger partial charge in [-0.2, -0.15) is 0 Å². The van der Waals surface area contributed by atoms with E-state index in [4.69, 9.17) is 4.98 Å². The Morgan fingerprint density at radius 2 is 1.49 bits per heavy atom. The monoisotopic (exact) mass is 911 g/mol. The van der Waals surface area contributed by atoms with E-state index >= 15 is 0 Å². The van der Waals surface area contributed by atoms with Crippen LogP contribution in [-0.2, 0) is 43.2 Å². The summed E-state index contributed by atoms with van der Waals surface area (Å²) in [6, 6.07) is 21.8. The van der Waals surface area contributed by atoms with Gasteiger partial charge < -0.3 is 5.11 Å². The second-order valence-corrected chi connectivity index (χ2v) is 18.1. The van der Waals surface area contributed by atoms with E-state index in [1.165, 1.54) is 60.8 Å². The van der Waals surface area contributed by atoms with Crippen LogP contribution in [0, 0.1) is 36.7 Å². The zero-order chi connectivity index (χ0) is 38.6. The maximum Gasteiger partial charge on any atom is 0.164 e. The van der Waals surface area contributed by atoms with Gasteiger partial charge in [-0.3, -0.25) is 9.78 Å². The molecule has 1 aromatic heterocycles. The van der Waals surface area contributed by atoms with Crippen molar-refractivity contribution in [2.24, 2.45) is 16.7 Å². The smallest absolute Gasteiger partial charge is 0.164 e. The molecule has 0 unspecified atom stereocenters. The molecule has 289 valence electrons. The van der Waals surface area contributed by atoms with Crippen LogP contribution in [0.3, 0.4) is 0 Å². The molecule has 1 aliphatic heterocycles. The van der Waals surface area contributed by atoms with Gasteiger partial charge in [-0.1, -0.05) is 124 Å². The van der Waals surface area contributed by atoms with Crippen molar-refractivity contribution in [3.8, 4) is 22.4 Å². The van der Waals surface area contributed by atoms with Gasteiger partial charge in [-0.25, -0.2) is 0 Å². The summed E-state index contributed by atoms with van der Waals surface area (Å²) < 4.78 is 0. The Bertz CT molecular complexity index is 1900. The van der Waals surface area contributed by atoms with Gasteiger partial charge in [0.15, 0.2) is 5.78 Å². The Labute approximate surface area is 339 Å². The number of rotatable bonds is 11. The normalized spacial score (nSPS) is 13.4. The average molecular weight is 911 g/mol. The number of aryl methyl sites for hydroxylation is 3. The van der Waals surface area contributed by atoms with E-state index in [1.54, 1.807) is 0 Å². The second-order valence-electron chi connectivity index (χ2n) is 17.0. The van der Waals surface area contributed by atoms with Gasteiger partial charge in [0, 0.05) is 59.0 Å². The molecule has 3 aromatic carbocycles. The molecule has 0 bridgehead atoms. The molecule has 4 aromatic rings. The summed E-state index contributed by atoms with van der Waals surface area (Å²) in [5, 5.41) is 12.6. The molecular weight excluding hydrogens is 847 g/mol. The number of fused-ring (bicyclic) bond motifs is 2. The third-order valence-corrected chi connectivity index (χ3v) is 12.7. The Hall–Kier alpha value is -2.72. The molecule has 1 N–H and O–H groups in total. The van der Waals surface area contributed by atoms with Crippen molar-refractivity contribution in [2.75, 3.05) is 5.75 Å². The number of benzene rings is 3. The average Bonchev–Trinajstić information content (AvgIpc) is 3.58. The van der Waals surface area contributed by atoms with Crippen LogP contribution in [-0.4, -0.2) is 21.6 Å². The summed E-state index contributed by atoms with van der Waals surface area (Å²) >= 11 is 1.96. The minimum absolute atomic E-state index is 0. The van der Waals surface area contributed by atoms with Gasteiger partial charge in [0.05, 0.1) is 0 Å². The van der Waals surface area contributed by atoms with Crippen LogP contribution in [0.2, 0.25) is 0 Å². The van der Waals surface area contributed by atoms with Gasteiger partial charge in [0.25, 0.3) is 0 Å². The number of allylic oxidation sites excluding steroid dienone is 2. The van der Waals surface area contributed by atoms with Gasteiger partial charge in [0.1, 0.15) is 5.76 Å². The molecule has 1 aliphatic rings. The summed E-state index contributed by atoms with van der Waals surface area (Å²) in [6.07, 6.45) is 6.91. The number of nitrogens with zero attached hydrogens (tertiary/aromatic N) is 1. The Balaban J connectivity index is 0.000000359. The fourth-order valence-corrected chi connectivity index (χ4v) is 8.36. The van der Waals surface area contributed by atoms with Crippen LogP contribution >= 0.6 is 11.8 Å². The number of aliphatic hydroxyl groups excluding tert-OH is 1. The first-order chi connectivity index (χ1) is 24.4. The summed E-state index contributed by atoms with van der Waals surface area (Å²) in [5.74, 6) is 2.05. The number of aliphatic hydroxyl groups is 1. The van der Waals surface area contributed by atoms with E-state index in [9.17, 15) is 9.90 Å². The fraction of sp³-hybridized carbons (Fsp3) is 0.500. The predicted molar refractivity (Wildman–Crippen MR) is 226 cm³/mol. The first-order valence-electron chi connectivity index (χ1n) is 19.6. The number of pyridine rings is 1. The molecule has 0 fully saturated rings. The van der Waals surface area contributed by atoms with Crippen LogP contribution in [0.5, 0.6) is 0 Å². The molecule has 5 heteroatoms. The summed E-state index contributed by atoms with van der Waals surface area (Å²) in [4.78, 5) is 18.8. The molecule has 0 spiro atoms. The molecule has 53 heavy (non-hydrogen) atoms. The van der Waals surface area contributed by atoms with E-state index in [-0.39, 0.29) is 47.9 Å². The Morgan fingerprint density at radius 3 is 2.04 bits per heavy atom. The maximum absolute atomic E-state index is 12.2. The third kappa shape index (κ3) is 10.1. The van der Waals surface area contributed by atoms with Crippen LogP contribution < -0.4 is 0 Å². The standard InChI is InChI=1S/C33H36NS.C15H28O2.Ir/c1-20(2)14-23-15-21(3)31(22(4)16-23)27-19-30(34-29-12-13-35-32(27)29)25-17-24-10-8-9-11-26(24)28(18-25)33(5,6)7;1-7-14(5,8-2)12(16)11-13(17)15(6,9-3)10-4;/h8-11,15-16,18-20H,12-14H2,1-7H3;11,16H,7-10H2,1-6H3;/q-1;;/b;12-11-;. The topological polar surface area (TPSA) is 50.2 Å². The van der Waals surface area contributed by atoms with Gasteiger partial charge in [0.2, 0.25) is 0 Å². The van der Waals surface area contributed by atoms with Gasteiger partial charge in [-0.05, 0) is 91.5 Å². The Morgan fingerprint density at radius 1 is 0.906 bits per heavy atom. The Kier molecular flexibility index (Phi) is 15.4. The van der Waals surface area contributed by atoms with Crippen LogP contribution in [0.15, 0.2) is 65.3 Å². The fourth-order valence-electron chi connectivity index (χ4n) is 7.23. The molecule has 5 rings (SSSR count). The summed E-state index contributed by atoms with van der Waals surface area (Å²) in [6.45, 7) is 28.1. The largest absolute Gasteiger partial charge is 0.512 e. The molecule has 2 heterocycles. The zero-order valence-electron chi connectivity index (χ0n) is 34.8. The van der Waals surface area contributed by atoms with E-state index in [0.717, 1.165) is 55.5 Å². The number of hydrogen-bond donors (Lipinski definition) is 1. The third-order valence-electron chi connectivity index (χ3n) is 11.6. The first-order valence-corrected chi connectivity index (χ1v) is 20.6. The number of carbonyl (C=O) groups excluding carboxylic acids is 1. The minimum atomic E-state index is -0.337. The molecule has 0 saturated carbocycles. The van der Waals surface area contributed by atoms with Crippen molar-refractivity contribution in [3.63, 3.8) is 0 Å². The van der Waals surface area contributed by atoms with E-state index in [2.05, 4.69) is 103 Å². The number of ketones is 1. The SMILES string of the molecule is CCC(C)(CC)C(=O)/C=C(\O)C(C)(CC)CC.Cc1cc(CC(C)C)cc(C)c1-c1cc(-c2[c-]c3ccccc3c(C(C)(C)C)c2)nc2c1SCC2.[Ir]. The molecule has 0 saturated heterocycles. The maximum atomic E-state index is 12.2. The predicted octanol–water partition coefficient (Wildman–Crippen LogP) is 13.8. The zero-order valence-corrected chi connectivity index (χ0v) is 38.0. The number of hydrogen-bond acceptors (Lipinski definition) is 4. The van der Waals surface area contributed by atoms with Gasteiger partial charge >= 0.3 is 0 Å². The van der Waals surface area contributed by atoms with Crippen molar-refractivity contribution in [2.45, 2.75) is 139 Å². The molecule has 3 nitrogen and oxygen atoms in total. The van der Waals surface area contributed by atoms with Crippen LogP contribution in [0.4, 0.5) is 0 Å². The summed E-state index contributed by atoms with van der Waals surface area (Å²) in [5.41, 5.74) is 11.1. The molecule has 0 aliphatic carbocycles.